The number of carbonyl (C=O) groups excluding carboxylic acids is 1. The summed E-state index contributed by atoms with van der Waals surface area (Å²) in [6.07, 6.45) is 14.6. The maximum absolute atomic E-state index is 11.6. The highest BCUT2D eigenvalue weighted by atomic mass is 16.7. The maximum atomic E-state index is 11.6. The zero-order valence-corrected chi connectivity index (χ0v) is 14.7. The Labute approximate surface area is 136 Å². The van der Waals surface area contributed by atoms with Crippen molar-refractivity contribution < 1.29 is 14.3 Å². The topological polar surface area (TPSA) is 35.5 Å². The molecule has 0 aliphatic rings. The second kappa shape index (κ2) is 13.2. The van der Waals surface area contributed by atoms with Gasteiger partial charge < -0.3 is 9.47 Å². The molecule has 0 fully saturated rings. The first-order valence-electron chi connectivity index (χ1n) is 8.23. The Bertz CT molecular complexity index is 357. The zero-order valence-electron chi connectivity index (χ0n) is 14.7. The Morgan fingerprint density at radius 2 is 1.50 bits per heavy atom. The molecule has 0 atom stereocenters. The average Bonchev–Trinajstić information content (AvgIpc) is 2.46. The fourth-order valence-electron chi connectivity index (χ4n) is 2.12. The van der Waals surface area contributed by atoms with Gasteiger partial charge in [-0.05, 0) is 38.0 Å². The van der Waals surface area contributed by atoms with E-state index in [9.17, 15) is 4.79 Å². The van der Waals surface area contributed by atoms with Gasteiger partial charge in [0.05, 0.1) is 0 Å². The van der Waals surface area contributed by atoms with Crippen LogP contribution in [0.3, 0.4) is 0 Å². The fraction of sp³-hybridized carbons (Fsp3) is 0.632. The summed E-state index contributed by atoms with van der Waals surface area (Å²) in [6, 6.07) is 0. The zero-order chi connectivity index (χ0) is 16.8. The van der Waals surface area contributed by atoms with Gasteiger partial charge in [0.25, 0.3) is 0 Å². The van der Waals surface area contributed by atoms with Gasteiger partial charge in [-0.3, -0.25) is 0 Å². The van der Waals surface area contributed by atoms with Crippen molar-refractivity contribution in [2.45, 2.75) is 60.0 Å². The summed E-state index contributed by atoms with van der Waals surface area (Å²) in [4.78, 5) is 11.6. The molecular weight excluding hydrogens is 276 g/mol. The van der Waals surface area contributed by atoms with Gasteiger partial charge in [-0.25, -0.2) is 4.79 Å². The predicted molar refractivity (Wildman–Crippen MR) is 92.8 cm³/mol. The number of hydrogen-bond donors (Lipinski definition) is 0. The molecule has 0 saturated carbocycles. The van der Waals surface area contributed by atoms with Gasteiger partial charge in [0.2, 0.25) is 0 Å². The first-order valence-corrected chi connectivity index (χ1v) is 8.23. The largest absolute Gasteiger partial charge is 0.508 e. The van der Waals surface area contributed by atoms with E-state index in [1.807, 2.05) is 46.8 Å². The van der Waals surface area contributed by atoms with Crippen LogP contribution in [0.15, 0.2) is 36.5 Å². The lowest BCUT2D eigenvalue weighted by molar-refractivity contribution is -0.00626. The molecule has 0 aliphatic heterocycles. The fourth-order valence-corrected chi connectivity index (χ4v) is 2.12. The van der Waals surface area contributed by atoms with Crippen LogP contribution >= 0.6 is 0 Å². The summed E-state index contributed by atoms with van der Waals surface area (Å²) < 4.78 is 10.4. The molecule has 0 saturated heterocycles. The number of unbranched alkanes of at least 4 members (excludes halogenated alkanes) is 1. The van der Waals surface area contributed by atoms with E-state index in [1.54, 1.807) is 0 Å². The van der Waals surface area contributed by atoms with Gasteiger partial charge in [-0.2, -0.15) is 0 Å². The lowest BCUT2D eigenvalue weighted by Gasteiger charge is -2.24. The summed E-state index contributed by atoms with van der Waals surface area (Å²) in [5, 5.41) is 0. The van der Waals surface area contributed by atoms with Crippen LogP contribution in [0.4, 0.5) is 4.79 Å². The molecule has 3 heteroatoms. The van der Waals surface area contributed by atoms with Crippen molar-refractivity contribution >= 4 is 6.16 Å². The smallest absolute Gasteiger partial charge is 0.430 e. The highest BCUT2D eigenvalue weighted by Gasteiger charge is 2.22. The van der Waals surface area contributed by atoms with Gasteiger partial charge >= 0.3 is 6.16 Å². The third-order valence-electron chi connectivity index (χ3n) is 3.19. The summed E-state index contributed by atoms with van der Waals surface area (Å²) >= 11 is 0. The lowest BCUT2D eigenvalue weighted by atomic mass is 9.96. The molecule has 0 N–H and O–H groups in total. The third kappa shape index (κ3) is 11.2. The molecular formula is C19H32O3. The van der Waals surface area contributed by atoms with Gasteiger partial charge in [-0.1, -0.05) is 64.2 Å². The number of carbonyl (C=O) groups is 1. The van der Waals surface area contributed by atoms with Crippen molar-refractivity contribution in [3.63, 3.8) is 0 Å². The normalized spacial score (nSPS) is 12.5. The van der Waals surface area contributed by atoms with E-state index in [-0.39, 0.29) is 24.5 Å². The number of allylic oxidation sites excluding steroid dienone is 5. The summed E-state index contributed by atoms with van der Waals surface area (Å²) in [5.41, 5.74) is 0. The molecule has 3 nitrogen and oxygen atoms in total. The van der Waals surface area contributed by atoms with Crippen LogP contribution in [-0.2, 0) is 9.47 Å². The van der Waals surface area contributed by atoms with E-state index < -0.39 is 6.16 Å². The molecule has 0 amide bonds. The molecule has 0 radical (unpaired) electrons. The first-order chi connectivity index (χ1) is 10.5. The van der Waals surface area contributed by atoms with E-state index in [1.165, 1.54) is 0 Å². The van der Waals surface area contributed by atoms with Crippen LogP contribution in [0.2, 0.25) is 0 Å². The van der Waals surface area contributed by atoms with Crippen LogP contribution < -0.4 is 0 Å². The van der Waals surface area contributed by atoms with Gasteiger partial charge in [0, 0.05) is 0 Å². The van der Waals surface area contributed by atoms with Crippen LogP contribution in [0.1, 0.15) is 53.9 Å². The van der Waals surface area contributed by atoms with E-state index >= 15 is 0 Å². The third-order valence-corrected chi connectivity index (χ3v) is 3.19. The number of hydrogen-bond acceptors (Lipinski definition) is 3. The summed E-state index contributed by atoms with van der Waals surface area (Å²) in [7, 11) is 0. The quantitative estimate of drug-likeness (QED) is 0.296. The Kier molecular flexibility index (Phi) is 12.3. The van der Waals surface area contributed by atoms with Crippen LogP contribution in [-0.4, -0.2) is 18.9 Å². The minimum Gasteiger partial charge on any atom is -0.430 e. The summed E-state index contributed by atoms with van der Waals surface area (Å²) in [6.45, 7) is 10.5. The molecule has 0 unspecified atom stereocenters. The SMILES string of the molecule is C/C=C\CC/C=C\C/C=C\COC(=O)OC(C(C)C)C(C)C. The van der Waals surface area contributed by atoms with Crippen LogP contribution in [0.25, 0.3) is 0 Å². The van der Waals surface area contributed by atoms with Crippen molar-refractivity contribution in [1.29, 1.82) is 0 Å². The summed E-state index contributed by atoms with van der Waals surface area (Å²) in [5.74, 6) is 0.576. The molecule has 0 spiro atoms. The van der Waals surface area contributed by atoms with Crippen LogP contribution in [0.5, 0.6) is 0 Å². The first kappa shape index (κ1) is 20.5. The van der Waals surface area contributed by atoms with E-state index in [0.717, 1.165) is 19.3 Å². The molecule has 0 aliphatic carbocycles. The van der Waals surface area contributed by atoms with Crippen molar-refractivity contribution in [1.82, 2.24) is 0 Å². The van der Waals surface area contributed by atoms with Gasteiger partial charge in [-0.15, -0.1) is 0 Å². The molecule has 0 aromatic carbocycles. The van der Waals surface area contributed by atoms with E-state index in [4.69, 9.17) is 9.47 Å². The van der Waals surface area contributed by atoms with Crippen molar-refractivity contribution in [3.05, 3.63) is 36.5 Å². The molecule has 0 bridgehead atoms. The molecule has 0 heterocycles. The van der Waals surface area contributed by atoms with Crippen molar-refractivity contribution in [2.75, 3.05) is 6.61 Å². The second-order valence-corrected chi connectivity index (χ2v) is 5.96. The highest BCUT2D eigenvalue weighted by Crippen LogP contribution is 2.16. The molecule has 0 aromatic rings. The van der Waals surface area contributed by atoms with E-state index in [2.05, 4.69) is 24.3 Å². The Balaban J connectivity index is 3.81. The minimum absolute atomic E-state index is 0.100. The lowest BCUT2D eigenvalue weighted by Crippen LogP contribution is -2.29. The average molecular weight is 308 g/mol. The van der Waals surface area contributed by atoms with Gasteiger partial charge in [0.15, 0.2) is 0 Å². The second-order valence-electron chi connectivity index (χ2n) is 5.96. The van der Waals surface area contributed by atoms with Crippen LogP contribution in [0, 0.1) is 11.8 Å². The monoisotopic (exact) mass is 308 g/mol. The number of rotatable bonds is 10. The molecule has 126 valence electrons. The molecule has 0 aromatic heterocycles. The van der Waals surface area contributed by atoms with Crippen molar-refractivity contribution in [2.24, 2.45) is 11.8 Å². The standard InChI is InChI=1S/C19H32O3/c1-6-7-8-9-10-11-12-13-14-15-21-19(20)22-18(16(2)3)17(4)5/h6-7,10-11,13-14,16-18H,8-9,12,15H2,1-5H3/b7-6-,11-10-,14-13-. The maximum Gasteiger partial charge on any atom is 0.508 e. The Morgan fingerprint density at radius 3 is 2.09 bits per heavy atom. The predicted octanol–water partition coefficient (Wildman–Crippen LogP) is 5.68. The van der Waals surface area contributed by atoms with Crippen molar-refractivity contribution in [3.8, 4) is 0 Å². The highest BCUT2D eigenvalue weighted by molar-refractivity contribution is 5.60. The number of ether oxygens (including phenoxy) is 2. The Morgan fingerprint density at radius 1 is 0.909 bits per heavy atom. The minimum atomic E-state index is -0.584. The molecule has 0 rings (SSSR count). The van der Waals surface area contributed by atoms with Gasteiger partial charge in [0.1, 0.15) is 12.7 Å². The molecule has 22 heavy (non-hydrogen) atoms. The Hall–Kier alpha value is -1.51. The van der Waals surface area contributed by atoms with E-state index in [0.29, 0.717) is 0 Å².